The second-order valence-electron chi connectivity index (χ2n) is 7.33. The first kappa shape index (κ1) is 21.6. The molecule has 0 saturated carbocycles. The number of nitrogens with zero attached hydrogens (tertiary/aromatic N) is 1. The highest BCUT2D eigenvalue weighted by Gasteiger charge is 2.27. The molecule has 166 valence electrons. The van der Waals surface area contributed by atoms with Gasteiger partial charge in [-0.15, -0.1) is 0 Å². The second kappa shape index (κ2) is 9.23. The van der Waals surface area contributed by atoms with Crippen molar-refractivity contribution >= 4 is 21.6 Å². The largest absolute Gasteiger partial charge is 0.454 e. The molecule has 1 atom stereocenters. The summed E-state index contributed by atoms with van der Waals surface area (Å²) < 4.78 is 44.8. The fraction of sp³-hybridized carbons (Fsp3) is 0.381. The van der Waals surface area contributed by atoms with E-state index in [9.17, 15) is 13.2 Å². The molecular formula is C21H25N3O6S. The van der Waals surface area contributed by atoms with E-state index in [2.05, 4.69) is 14.9 Å². The van der Waals surface area contributed by atoms with Gasteiger partial charge in [0.15, 0.2) is 11.5 Å². The summed E-state index contributed by atoms with van der Waals surface area (Å²) in [5.41, 5.74) is 1.48. The first-order valence-corrected chi connectivity index (χ1v) is 11.5. The van der Waals surface area contributed by atoms with Crippen molar-refractivity contribution in [2.75, 3.05) is 45.0 Å². The Morgan fingerprint density at radius 3 is 2.48 bits per heavy atom. The molecule has 2 aliphatic rings. The molecule has 1 unspecified atom stereocenters. The molecule has 2 aromatic carbocycles. The summed E-state index contributed by atoms with van der Waals surface area (Å²) in [7, 11) is -3.74. The number of ether oxygens (including phenoxy) is 3. The van der Waals surface area contributed by atoms with E-state index in [1.807, 2.05) is 18.2 Å². The number of fused-ring (bicyclic) bond motifs is 1. The van der Waals surface area contributed by atoms with E-state index in [0.717, 1.165) is 5.56 Å². The minimum absolute atomic E-state index is 0.132. The molecule has 0 radical (unpaired) electrons. The summed E-state index contributed by atoms with van der Waals surface area (Å²) in [5.74, 6) is 1.13. The highest BCUT2D eigenvalue weighted by atomic mass is 32.2. The monoisotopic (exact) mass is 447 g/mol. The number of amides is 1. The van der Waals surface area contributed by atoms with Gasteiger partial charge in [-0.05, 0) is 42.0 Å². The standard InChI is InChI=1S/C21H25N3O6S/c1-15(25)23-17-3-5-18(6-4-17)31(26,27)22-13-19(24-8-10-28-11-9-24)16-2-7-20-21(12-16)30-14-29-20/h2-7,12,19,22H,8-11,13-14H2,1H3,(H,23,25). The molecule has 2 aromatic rings. The SMILES string of the molecule is CC(=O)Nc1ccc(S(=O)(=O)NCC(c2ccc3c(c2)OCO3)N2CCOCC2)cc1. The molecule has 2 N–H and O–H groups in total. The van der Waals surface area contributed by atoms with Gasteiger partial charge in [0.05, 0.1) is 18.1 Å². The van der Waals surface area contributed by atoms with E-state index < -0.39 is 10.0 Å². The van der Waals surface area contributed by atoms with E-state index in [1.54, 1.807) is 12.1 Å². The number of morpholine rings is 1. The van der Waals surface area contributed by atoms with Gasteiger partial charge in [0.2, 0.25) is 22.7 Å². The quantitative estimate of drug-likeness (QED) is 0.666. The molecule has 1 saturated heterocycles. The van der Waals surface area contributed by atoms with Crippen LogP contribution in [0.2, 0.25) is 0 Å². The zero-order valence-corrected chi connectivity index (χ0v) is 18.0. The topological polar surface area (TPSA) is 106 Å². The van der Waals surface area contributed by atoms with Gasteiger partial charge in [0.25, 0.3) is 0 Å². The highest BCUT2D eigenvalue weighted by Crippen LogP contribution is 2.35. The maximum absolute atomic E-state index is 12.9. The van der Waals surface area contributed by atoms with E-state index in [-0.39, 0.29) is 30.2 Å². The Hall–Kier alpha value is -2.66. The van der Waals surface area contributed by atoms with Crippen molar-refractivity contribution in [3.63, 3.8) is 0 Å². The minimum Gasteiger partial charge on any atom is -0.454 e. The normalized spacial score (nSPS) is 17.3. The average Bonchev–Trinajstić information content (AvgIpc) is 3.23. The molecular weight excluding hydrogens is 422 g/mol. The first-order valence-electron chi connectivity index (χ1n) is 10.0. The van der Waals surface area contributed by atoms with Crippen LogP contribution < -0.4 is 19.5 Å². The van der Waals surface area contributed by atoms with Crippen LogP contribution >= 0.6 is 0 Å². The lowest BCUT2D eigenvalue weighted by Crippen LogP contribution is -2.43. The summed E-state index contributed by atoms with van der Waals surface area (Å²) in [6, 6.07) is 11.6. The molecule has 0 bridgehead atoms. The van der Waals surface area contributed by atoms with E-state index >= 15 is 0 Å². The summed E-state index contributed by atoms with van der Waals surface area (Å²) in [6.07, 6.45) is 0. The number of sulfonamides is 1. The Morgan fingerprint density at radius 2 is 1.77 bits per heavy atom. The van der Waals surface area contributed by atoms with E-state index in [4.69, 9.17) is 14.2 Å². The number of nitrogens with one attached hydrogen (secondary N) is 2. The highest BCUT2D eigenvalue weighted by molar-refractivity contribution is 7.89. The lowest BCUT2D eigenvalue weighted by molar-refractivity contribution is -0.114. The van der Waals surface area contributed by atoms with Gasteiger partial charge < -0.3 is 19.5 Å². The fourth-order valence-electron chi connectivity index (χ4n) is 3.66. The van der Waals surface area contributed by atoms with Crippen molar-refractivity contribution in [3.8, 4) is 11.5 Å². The van der Waals surface area contributed by atoms with Crippen LogP contribution in [0.4, 0.5) is 5.69 Å². The second-order valence-corrected chi connectivity index (χ2v) is 9.10. The first-order chi connectivity index (χ1) is 14.9. The average molecular weight is 448 g/mol. The maximum atomic E-state index is 12.9. The predicted octanol–water partition coefficient (Wildman–Crippen LogP) is 1.73. The summed E-state index contributed by atoms with van der Waals surface area (Å²) in [5, 5.41) is 2.62. The minimum atomic E-state index is -3.74. The van der Waals surface area contributed by atoms with Crippen molar-refractivity contribution in [3.05, 3.63) is 48.0 Å². The Kier molecular flexibility index (Phi) is 6.42. The maximum Gasteiger partial charge on any atom is 0.240 e. The number of anilines is 1. The van der Waals surface area contributed by atoms with Crippen molar-refractivity contribution in [1.82, 2.24) is 9.62 Å². The molecule has 1 amide bonds. The molecule has 1 fully saturated rings. The van der Waals surface area contributed by atoms with Gasteiger partial charge in [0.1, 0.15) is 0 Å². The number of carbonyl (C=O) groups excluding carboxylic acids is 1. The molecule has 4 rings (SSSR count). The van der Waals surface area contributed by atoms with Crippen LogP contribution in [0.25, 0.3) is 0 Å². The Bertz CT molecular complexity index is 1040. The Labute approximate surface area is 181 Å². The lowest BCUT2D eigenvalue weighted by Gasteiger charge is -2.35. The van der Waals surface area contributed by atoms with Crippen LogP contribution in [-0.4, -0.2) is 58.9 Å². The number of hydrogen-bond donors (Lipinski definition) is 2. The van der Waals surface area contributed by atoms with E-state index in [1.165, 1.54) is 19.1 Å². The van der Waals surface area contributed by atoms with Gasteiger partial charge in [-0.25, -0.2) is 13.1 Å². The third kappa shape index (κ3) is 5.16. The molecule has 2 heterocycles. The van der Waals surface area contributed by atoms with Crippen LogP contribution in [0.5, 0.6) is 11.5 Å². The third-order valence-electron chi connectivity index (χ3n) is 5.22. The zero-order valence-electron chi connectivity index (χ0n) is 17.2. The van der Waals surface area contributed by atoms with Gasteiger partial charge in [0, 0.05) is 38.3 Å². The Balaban J connectivity index is 1.52. The predicted molar refractivity (Wildman–Crippen MR) is 114 cm³/mol. The van der Waals surface area contributed by atoms with Crippen LogP contribution in [-0.2, 0) is 19.6 Å². The smallest absolute Gasteiger partial charge is 0.240 e. The van der Waals surface area contributed by atoms with Gasteiger partial charge in [-0.2, -0.15) is 0 Å². The van der Waals surface area contributed by atoms with Crippen LogP contribution in [0.3, 0.4) is 0 Å². The summed E-state index contributed by atoms with van der Waals surface area (Å²) >= 11 is 0. The van der Waals surface area contributed by atoms with Crippen LogP contribution in [0.15, 0.2) is 47.4 Å². The molecule has 9 nitrogen and oxygen atoms in total. The molecule has 2 aliphatic heterocycles. The summed E-state index contributed by atoms with van der Waals surface area (Å²) in [4.78, 5) is 13.5. The third-order valence-corrected chi connectivity index (χ3v) is 6.66. The number of rotatable bonds is 7. The molecule has 0 aliphatic carbocycles. The molecule has 0 aromatic heterocycles. The molecule has 10 heteroatoms. The lowest BCUT2D eigenvalue weighted by atomic mass is 10.0. The Morgan fingerprint density at radius 1 is 1.06 bits per heavy atom. The van der Waals surface area contributed by atoms with E-state index in [0.29, 0.717) is 43.5 Å². The van der Waals surface area contributed by atoms with Crippen LogP contribution in [0.1, 0.15) is 18.5 Å². The van der Waals surface area contributed by atoms with Gasteiger partial charge in [-0.3, -0.25) is 9.69 Å². The molecule has 0 spiro atoms. The summed E-state index contributed by atoms with van der Waals surface area (Å²) in [6.45, 7) is 4.36. The van der Waals surface area contributed by atoms with Crippen molar-refractivity contribution in [1.29, 1.82) is 0 Å². The van der Waals surface area contributed by atoms with Gasteiger partial charge in [-0.1, -0.05) is 6.07 Å². The van der Waals surface area contributed by atoms with Crippen molar-refractivity contribution in [2.24, 2.45) is 0 Å². The van der Waals surface area contributed by atoms with Crippen molar-refractivity contribution in [2.45, 2.75) is 17.9 Å². The zero-order chi connectivity index (χ0) is 21.8. The molecule has 31 heavy (non-hydrogen) atoms. The van der Waals surface area contributed by atoms with Crippen LogP contribution in [0, 0.1) is 0 Å². The number of benzene rings is 2. The van der Waals surface area contributed by atoms with Gasteiger partial charge >= 0.3 is 0 Å². The number of carbonyl (C=O) groups is 1. The fourth-order valence-corrected chi connectivity index (χ4v) is 4.70. The van der Waals surface area contributed by atoms with Crippen molar-refractivity contribution < 1.29 is 27.4 Å². The number of hydrogen-bond acceptors (Lipinski definition) is 7.